The number of hydrogen-bond acceptors (Lipinski definition) is 6. The van der Waals surface area contributed by atoms with Crippen LogP contribution in [0.2, 0.25) is 0 Å². The first-order valence-corrected chi connectivity index (χ1v) is 10.4. The van der Waals surface area contributed by atoms with Gasteiger partial charge in [0.2, 0.25) is 0 Å². The van der Waals surface area contributed by atoms with Crippen molar-refractivity contribution in [2.75, 3.05) is 26.8 Å². The van der Waals surface area contributed by atoms with Crippen LogP contribution in [0.3, 0.4) is 0 Å². The van der Waals surface area contributed by atoms with Gasteiger partial charge in [-0.1, -0.05) is 24.3 Å². The average Bonchev–Trinajstić information content (AvgIpc) is 3.15. The van der Waals surface area contributed by atoms with Crippen molar-refractivity contribution in [3.05, 3.63) is 69.6 Å². The van der Waals surface area contributed by atoms with E-state index in [4.69, 9.17) is 19.6 Å². The van der Waals surface area contributed by atoms with Gasteiger partial charge in [0.15, 0.2) is 11.3 Å². The van der Waals surface area contributed by atoms with E-state index in [9.17, 15) is 9.59 Å². The van der Waals surface area contributed by atoms with Crippen LogP contribution in [0.5, 0.6) is 11.5 Å². The number of carbonyl (C=O) groups is 1. The number of rotatable bonds is 3. The number of nitrogens with zero attached hydrogens (tertiary/aromatic N) is 1. The SMILES string of the molecule is COc1cccc2cc(C(=O)N3CCC4(CC3)COc3ccc(CN)cc34)c(=O)oc12. The molecule has 0 radical (unpaired) electrons. The smallest absolute Gasteiger partial charge is 0.349 e. The van der Waals surface area contributed by atoms with E-state index >= 15 is 0 Å². The zero-order valence-corrected chi connectivity index (χ0v) is 17.3. The number of ether oxygens (including phenoxy) is 2. The van der Waals surface area contributed by atoms with Gasteiger partial charge in [-0.15, -0.1) is 0 Å². The summed E-state index contributed by atoms with van der Waals surface area (Å²) in [7, 11) is 1.51. The molecule has 1 saturated heterocycles. The van der Waals surface area contributed by atoms with Crippen LogP contribution in [0.15, 0.2) is 51.7 Å². The van der Waals surface area contributed by atoms with Gasteiger partial charge in [0.25, 0.3) is 5.91 Å². The summed E-state index contributed by atoms with van der Waals surface area (Å²) in [5.41, 5.74) is 7.71. The van der Waals surface area contributed by atoms with Crippen molar-refractivity contribution in [2.24, 2.45) is 5.73 Å². The minimum absolute atomic E-state index is 0.0465. The summed E-state index contributed by atoms with van der Waals surface area (Å²) in [5.74, 6) is 1.06. The lowest BCUT2D eigenvalue weighted by molar-refractivity contribution is 0.0642. The predicted molar refractivity (Wildman–Crippen MR) is 116 cm³/mol. The molecule has 7 heteroatoms. The summed E-state index contributed by atoms with van der Waals surface area (Å²) in [6, 6.07) is 13.0. The molecule has 1 amide bonds. The number of fused-ring (bicyclic) bond motifs is 3. The Labute approximate surface area is 179 Å². The van der Waals surface area contributed by atoms with Gasteiger partial charge < -0.3 is 24.5 Å². The number of benzene rings is 2. The van der Waals surface area contributed by atoms with Crippen LogP contribution in [0.1, 0.15) is 34.3 Å². The first-order valence-electron chi connectivity index (χ1n) is 10.4. The van der Waals surface area contributed by atoms with Crippen LogP contribution in [0.25, 0.3) is 11.0 Å². The summed E-state index contributed by atoms with van der Waals surface area (Å²) in [6.45, 7) is 2.18. The average molecular weight is 420 g/mol. The molecule has 0 atom stereocenters. The molecular formula is C24H24N2O5. The lowest BCUT2D eigenvalue weighted by atomic mass is 9.74. The van der Waals surface area contributed by atoms with Crippen LogP contribution >= 0.6 is 0 Å². The molecule has 31 heavy (non-hydrogen) atoms. The Morgan fingerprint density at radius 2 is 2.00 bits per heavy atom. The summed E-state index contributed by atoms with van der Waals surface area (Å²) in [6.07, 6.45) is 1.54. The van der Waals surface area contributed by atoms with Crippen molar-refractivity contribution in [1.82, 2.24) is 4.90 Å². The van der Waals surface area contributed by atoms with Crippen molar-refractivity contribution in [3.63, 3.8) is 0 Å². The quantitative estimate of drug-likeness (QED) is 0.655. The van der Waals surface area contributed by atoms with Gasteiger partial charge in [-0.3, -0.25) is 4.79 Å². The van der Waals surface area contributed by atoms with Gasteiger partial charge in [-0.25, -0.2) is 4.79 Å². The number of carbonyl (C=O) groups excluding carboxylic acids is 1. The second-order valence-electron chi connectivity index (χ2n) is 8.22. The van der Waals surface area contributed by atoms with Crippen LogP contribution < -0.4 is 20.8 Å². The van der Waals surface area contributed by atoms with Crippen LogP contribution in [0.4, 0.5) is 0 Å². The van der Waals surface area contributed by atoms with Crippen molar-refractivity contribution >= 4 is 16.9 Å². The third-order valence-electron chi connectivity index (χ3n) is 6.54. The first-order chi connectivity index (χ1) is 15.0. The van der Waals surface area contributed by atoms with E-state index in [2.05, 4.69) is 6.07 Å². The molecule has 1 spiro atoms. The molecule has 2 aliphatic rings. The summed E-state index contributed by atoms with van der Waals surface area (Å²) in [4.78, 5) is 27.5. The largest absolute Gasteiger partial charge is 0.493 e. The normalized spacial score (nSPS) is 16.9. The topological polar surface area (TPSA) is 95.0 Å². The van der Waals surface area contributed by atoms with Gasteiger partial charge in [0, 0.05) is 36.0 Å². The molecule has 1 aromatic heterocycles. The Morgan fingerprint density at radius 1 is 1.19 bits per heavy atom. The number of likely N-dealkylation sites (tertiary alicyclic amines) is 1. The number of nitrogens with two attached hydrogens (primary N) is 1. The third kappa shape index (κ3) is 3.16. The molecule has 2 N–H and O–H groups in total. The van der Waals surface area contributed by atoms with Crippen molar-refractivity contribution in [2.45, 2.75) is 24.8 Å². The number of hydrogen-bond donors (Lipinski definition) is 1. The Balaban J connectivity index is 1.39. The van der Waals surface area contributed by atoms with E-state index in [1.807, 2.05) is 12.1 Å². The fourth-order valence-electron chi connectivity index (χ4n) is 4.69. The van der Waals surface area contributed by atoms with E-state index in [0.717, 1.165) is 24.2 Å². The number of para-hydroxylation sites is 1. The molecule has 5 rings (SSSR count). The standard InChI is InChI=1S/C24H24N2O5/c1-29-20-4-2-3-16-12-17(23(28)31-21(16)20)22(27)26-9-7-24(8-10-26)14-30-19-6-5-15(13-25)11-18(19)24/h2-6,11-12H,7-10,13-14,25H2,1H3. The molecule has 160 valence electrons. The predicted octanol–water partition coefficient (Wildman–Crippen LogP) is 2.83. The van der Waals surface area contributed by atoms with Crippen LogP contribution in [-0.2, 0) is 12.0 Å². The van der Waals surface area contributed by atoms with Gasteiger partial charge in [0.05, 0.1) is 13.7 Å². The molecule has 3 heterocycles. The molecular weight excluding hydrogens is 396 g/mol. The highest BCUT2D eigenvalue weighted by Crippen LogP contribution is 2.46. The van der Waals surface area contributed by atoms with Gasteiger partial charge in [-0.05, 0) is 36.6 Å². The maximum atomic E-state index is 13.2. The van der Waals surface area contributed by atoms with E-state index in [1.165, 1.54) is 12.7 Å². The molecule has 7 nitrogen and oxygen atoms in total. The molecule has 2 aromatic carbocycles. The second-order valence-corrected chi connectivity index (χ2v) is 8.22. The second kappa shape index (κ2) is 7.42. The highest BCUT2D eigenvalue weighted by atomic mass is 16.5. The summed E-state index contributed by atoms with van der Waals surface area (Å²) < 4.78 is 16.6. The number of methoxy groups -OCH3 is 1. The molecule has 1 fully saturated rings. The lowest BCUT2D eigenvalue weighted by Gasteiger charge is -2.38. The van der Waals surface area contributed by atoms with Crippen molar-refractivity contribution < 1.29 is 18.7 Å². The maximum Gasteiger partial charge on any atom is 0.349 e. The van der Waals surface area contributed by atoms with Crippen molar-refractivity contribution in [3.8, 4) is 11.5 Å². The molecule has 0 aliphatic carbocycles. The molecule has 0 saturated carbocycles. The minimum Gasteiger partial charge on any atom is -0.493 e. The van der Waals surface area contributed by atoms with E-state index in [0.29, 0.717) is 43.0 Å². The van der Waals surface area contributed by atoms with Crippen LogP contribution in [-0.4, -0.2) is 37.6 Å². The number of amides is 1. The van der Waals surface area contributed by atoms with Gasteiger partial charge in [-0.2, -0.15) is 0 Å². The monoisotopic (exact) mass is 420 g/mol. The van der Waals surface area contributed by atoms with E-state index < -0.39 is 5.63 Å². The number of piperidine rings is 1. The molecule has 2 aliphatic heterocycles. The van der Waals surface area contributed by atoms with Gasteiger partial charge in [0.1, 0.15) is 11.3 Å². The Kier molecular flexibility index (Phi) is 4.70. The molecule has 3 aromatic rings. The Morgan fingerprint density at radius 3 is 2.74 bits per heavy atom. The summed E-state index contributed by atoms with van der Waals surface area (Å²) in [5, 5.41) is 0.656. The van der Waals surface area contributed by atoms with E-state index in [-0.39, 0.29) is 16.9 Å². The highest BCUT2D eigenvalue weighted by molar-refractivity contribution is 5.97. The van der Waals surface area contributed by atoms with Gasteiger partial charge >= 0.3 is 5.63 Å². The van der Waals surface area contributed by atoms with E-state index in [1.54, 1.807) is 29.2 Å². The molecule has 0 unspecified atom stereocenters. The zero-order chi connectivity index (χ0) is 21.6. The minimum atomic E-state index is -0.649. The zero-order valence-electron chi connectivity index (χ0n) is 17.3. The summed E-state index contributed by atoms with van der Waals surface area (Å²) >= 11 is 0. The first kappa shape index (κ1) is 19.6. The Hall–Kier alpha value is -3.32. The Bertz CT molecular complexity index is 1220. The lowest BCUT2D eigenvalue weighted by Crippen LogP contribution is -2.46. The van der Waals surface area contributed by atoms with Crippen LogP contribution in [0, 0.1) is 0 Å². The maximum absolute atomic E-state index is 13.2. The van der Waals surface area contributed by atoms with Crippen molar-refractivity contribution in [1.29, 1.82) is 0 Å². The molecule has 0 bridgehead atoms. The third-order valence-corrected chi connectivity index (χ3v) is 6.54. The highest BCUT2D eigenvalue weighted by Gasteiger charge is 2.44. The fraction of sp³-hybridized carbons (Fsp3) is 0.333. The fourth-order valence-corrected chi connectivity index (χ4v) is 4.69.